The van der Waals surface area contributed by atoms with Gasteiger partial charge in [-0.1, -0.05) is 25.3 Å². The van der Waals surface area contributed by atoms with E-state index in [4.69, 9.17) is 4.74 Å². The van der Waals surface area contributed by atoms with E-state index in [1.165, 1.54) is 64.5 Å². The van der Waals surface area contributed by atoms with Crippen LogP contribution < -0.4 is 5.32 Å². The third kappa shape index (κ3) is 5.77. The van der Waals surface area contributed by atoms with Gasteiger partial charge in [0.05, 0.1) is 10.5 Å². The number of carbonyl (C=O) groups excluding carboxylic acids is 2. The predicted octanol–water partition coefficient (Wildman–Crippen LogP) is 2.18. The Kier molecular flexibility index (Phi) is 7.38. The normalized spacial score (nSPS) is 16.7. The van der Waals surface area contributed by atoms with Crippen LogP contribution in [0.4, 0.5) is 0 Å². The van der Waals surface area contributed by atoms with Crippen molar-refractivity contribution in [1.82, 2.24) is 9.62 Å². The fourth-order valence-corrected chi connectivity index (χ4v) is 4.00. The predicted molar refractivity (Wildman–Crippen MR) is 102 cm³/mol. The SMILES string of the molecule is C[C@@H](OC(=O)c1cccc(S(=O)(=O)N(C)C)c1)C(=O)NCC1CCCCC1. The summed E-state index contributed by atoms with van der Waals surface area (Å²) in [6, 6.07) is 5.60. The van der Waals surface area contributed by atoms with Gasteiger partial charge in [-0.2, -0.15) is 0 Å². The number of nitrogens with one attached hydrogen (secondary N) is 1. The zero-order valence-corrected chi connectivity index (χ0v) is 16.9. The number of benzene rings is 1. The van der Waals surface area contributed by atoms with E-state index in [0.717, 1.165) is 17.1 Å². The quantitative estimate of drug-likeness (QED) is 0.713. The Morgan fingerprint density at radius 2 is 1.89 bits per heavy atom. The fraction of sp³-hybridized carbons (Fsp3) is 0.579. The molecule has 1 aliphatic carbocycles. The average Bonchev–Trinajstić information content (AvgIpc) is 2.66. The third-order valence-electron chi connectivity index (χ3n) is 4.79. The van der Waals surface area contributed by atoms with Crippen molar-refractivity contribution in [2.24, 2.45) is 5.92 Å². The van der Waals surface area contributed by atoms with Crippen LogP contribution in [0.2, 0.25) is 0 Å². The lowest BCUT2D eigenvalue weighted by atomic mass is 9.89. The number of ether oxygens (including phenoxy) is 1. The lowest BCUT2D eigenvalue weighted by Gasteiger charge is -2.22. The minimum absolute atomic E-state index is 0.00338. The molecule has 0 aromatic heterocycles. The zero-order valence-electron chi connectivity index (χ0n) is 16.1. The van der Waals surface area contributed by atoms with Crippen molar-refractivity contribution in [2.75, 3.05) is 20.6 Å². The summed E-state index contributed by atoms with van der Waals surface area (Å²) in [4.78, 5) is 24.5. The summed E-state index contributed by atoms with van der Waals surface area (Å²) in [7, 11) is -0.821. The van der Waals surface area contributed by atoms with Gasteiger partial charge < -0.3 is 10.1 Å². The average molecular weight is 397 g/mol. The maximum absolute atomic E-state index is 12.3. The summed E-state index contributed by atoms with van der Waals surface area (Å²) in [5.74, 6) is -0.587. The first-order valence-corrected chi connectivity index (χ1v) is 10.7. The molecule has 0 heterocycles. The highest BCUT2D eigenvalue weighted by Crippen LogP contribution is 2.22. The molecule has 1 N–H and O–H groups in total. The van der Waals surface area contributed by atoms with Crippen LogP contribution in [-0.2, 0) is 19.6 Å². The molecule has 0 spiro atoms. The maximum Gasteiger partial charge on any atom is 0.338 e. The molecule has 0 unspecified atom stereocenters. The molecule has 2 rings (SSSR count). The van der Waals surface area contributed by atoms with Gasteiger partial charge in [0.25, 0.3) is 5.91 Å². The Hall–Kier alpha value is -1.93. The van der Waals surface area contributed by atoms with Crippen molar-refractivity contribution in [1.29, 1.82) is 0 Å². The number of esters is 1. The topological polar surface area (TPSA) is 92.8 Å². The second-order valence-electron chi connectivity index (χ2n) is 7.11. The first-order valence-electron chi connectivity index (χ1n) is 9.23. The summed E-state index contributed by atoms with van der Waals surface area (Å²) < 4.78 is 30.6. The number of hydrogen-bond acceptors (Lipinski definition) is 5. The van der Waals surface area contributed by atoms with Gasteiger partial charge in [0.2, 0.25) is 10.0 Å². The molecule has 1 aliphatic rings. The Bertz CT molecular complexity index is 770. The highest BCUT2D eigenvalue weighted by atomic mass is 32.2. The van der Waals surface area contributed by atoms with Gasteiger partial charge in [0.15, 0.2) is 6.10 Å². The lowest BCUT2D eigenvalue weighted by Crippen LogP contribution is -2.38. The molecule has 1 amide bonds. The number of amides is 1. The van der Waals surface area contributed by atoms with Crippen molar-refractivity contribution < 1.29 is 22.7 Å². The molecule has 1 fully saturated rings. The van der Waals surface area contributed by atoms with Gasteiger partial charge in [0.1, 0.15) is 0 Å². The fourth-order valence-electron chi connectivity index (χ4n) is 3.06. The largest absolute Gasteiger partial charge is 0.449 e. The van der Waals surface area contributed by atoms with Gasteiger partial charge in [-0.15, -0.1) is 0 Å². The minimum atomic E-state index is -3.65. The number of carbonyl (C=O) groups is 2. The molecule has 1 saturated carbocycles. The van der Waals surface area contributed by atoms with E-state index in [1.54, 1.807) is 0 Å². The van der Waals surface area contributed by atoms with Crippen LogP contribution in [0.3, 0.4) is 0 Å². The molecular weight excluding hydrogens is 368 g/mol. The van der Waals surface area contributed by atoms with Crippen LogP contribution in [-0.4, -0.2) is 51.3 Å². The maximum atomic E-state index is 12.3. The summed E-state index contributed by atoms with van der Waals surface area (Å²) in [5.41, 5.74) is 0.0878. The van der Waals surface area contributed by atoms with Gasteiger partial charge in [-0.05, 0) is 43.9 Å². The Morgan fingerprint density at radius 1 is 1.22 bits per heavy atom. The van der Waals surface area contributed by atoms with Crippen LogP contribution >= 0.6 is 0 Å². The van der Waals surface area contributed by atoms with E-state index in [-0.39, 0.29) is 16.4 Å². The van der Waals surface area contributed by atoms with Crippen molar-refractivity contribution in [3.05, 3.63) is 29.8 Å². The molecule has 27 heavy (non-hydrogen) atoms. The van der Waals surface area contributed by atoms with Crippen molar-refractivity contribution in [3.63, 3.8) is 0 Å². The second kappa shape index (κ2) is 9.32. The molecule has 0 bridgehead atoms. The monoisotopic (exact) mass is 396 g/mol. The third-order valence-corrected chi connectivity index (χ3v) is 6.60. The van der Waals surface area contributed by atoms with Crippen LogP contribution in [0.5, 0.6) is 0 Å². The summed E-state index contributed by atoms with van der Waals surface area (Å²) in [5, 5.41) is 2.84. The number of nitrogens with zero attached hydrogens (tertiary/aromatic N) is 1. The van der Waals surface area contributed by atoms with Gasteiger partial charge in [-0.25, -0.2) is 17.5 Å². The molecule has 1 aromatic rings. The van der Waals surface area contributed by atoms with Crippen molar-refractivity contribution >= 4 is 21.9 Å². The van der Waals surface area contributed by atoms with E-state index >= 15 is 0 Å². The van der Waals surface area contributed by atoms with Crippen molar-refractivity contribution in [2.45, 2.75) is 50.0 Å². The molecule has 1 aromatic carbocycles. The van der Waals surface area contributed by atoms with Gasteiger partial charge in [0, 0.05) is 20.6 Å². The van der Waals surface area contributed by atoms with Crippen LogP contribution in [0.15, 0.2) is 29.2 Å². The van der Waals surface area contributed by atoms with E-state index in [9.17, 15) is 18.0 Å². The molecular formula is C19H28N2O5S. The molecule has 0 aliphatic heterocycles. The standard InChI is InChI=1S/C19H28N2O5S/c1-14(18(22)20-13-15-8-5-4-6-9-15)26-19(23)16-10-7-11-17(12-16)27(24,25)21(2)3/h7,10-12,14-15H,4-6,8-9,13H2,1-3H3,(H,20,22)/t14-/m1/s1. The van der Waals surface area contributed by atoms with E-state index in [1.807, 2.05) is 0 Å². The Morgan fingerprint density at radius 3 is 2.52 bits per heavy atom. The number of sulfonamides is 1. The summed E-state index contributed by atoms with van der Waals surface area (Å²) in [6.07, 6.45) is 4.91. The molecule has 7 nitrogen and oxygen atoms in total. The van der Waals surface area contributed by atoms with Crippen LogP contribution in [0.1, 0.15) is 49.4 Å². The van der Waals surface area contributed by atoms with E-state index in [0.29, 0.717) is 12.5 Å². The van der Waals surface area contributed by atoms with E-state index < -0.39 is 22.1 Å². The molecule has 0 saturated heterocycles. The van der Waals surface area contributed by atoms with Crippen LogP contribution in [0.25, 0.3) is 0 Å². The van der Waals surface area contributed by atoms with Gasteiger partial charge in [-0.3, -0.25) is 4.79 Å². The molecule has 150 valence electrons. The first kappa shape index (κ1) is 21.4. The smallest absolute Gasteiger partial charge is 0.338 e. The van der Waals surface area contributed by atoms with E-state index in [2.05, 4.69) is 5.32 Å². The molecule has 8 heteroatoms. The summed E-state index contributed by atoms with van der Waals surface area (Å²) >= 11 is 0. The highest BCUT2D eigenvalue weighted by molar-refractivity contribution is 7.89. The number of rotatable bonds is 7. The van der Waals surface area contributed by atoms with Crippen molar-refractivity contribution in [3.8, 4) is 0 Å². The highest BCUT2D eigenvalue weighted by Gasteiger charge is 2.23. The Labute approximate surface area is 161 Å². The molecule has 0 radical (unpaired) electrons. The molecule has 1 atom stereocenters. The second-order valence-corrected chi connectivity index (χ2v) is 9.26. The first-order chi connectivity index (χ1) is 12.7. The lowest BCUT2D eigenvalue weighted by molar-refractivity contribution is -0.129. The minimum Gasteiger partial charge on any atom is -0.449 e. The Balaban J connectivity index is 1.94. The van der Waals surface area contributed by atoms with Crippen LogP contribution in [0, 0.1) is 5.92 Å². The number of hydrogen-bond donors (Lipinski definition) is 1. The summed E-state index contributed by atoms with van der Waals surface area (Å²) in [6.45, 7) is 2.10. The van der Waals surface area contributed by atoms with Gasteiger partial charge >= 0.3 is 5.97 Å². The zero-order chi connectivity index (χ0) is 20.0.